The van der Waals surface area contributed by atoms with Crippen molar-refractivity contribution in [3.8, 4) is 0 Å². The molecule has 1 fully saturated rings. The molecule has 0 radical (unpaired) electrons. The second-order valence-electron chi connectivity index (χ2n) is 5.55. The van der Waals surface area contributed by atoms with Gasteiger partial charge in [-0.3, -0.25) is 9.79 Å². The third kappa shape index (κ3) is 6.19. The largest absolute Gasteiger partial charge is 0.469 e. The van der Waals surface area contributed by atoms with Crippen LogP contribution < -0.4 is 5.32 Å². The van der Waals surface area contributed by atoms with Crippen LogP contribution in [0, 0.1) is 5.92 Å². The molecule has 0 aromatic rings. The number of piperidine rings is 1. The fourth-order valence-electron chi connectivity index (χ4n) is 2.54. The molecule has 1 rings (SSSR count). The Morgan fingerprint density at radius 3 is 2.55 bits per heavy atom. The number of carbonyl (C=O) groups excluding carboxylic acids is 1. The first-order valence-electron chi connectivity index (χ1n) is 7.83. The van der Waals surface area contributed by atoms with Crippen LogP contribution in [0.5, 0.6) is 0 Å². The van der Waals surface area contributed by atoms with Crippen LogP contribution in [0.3, 0.4) is 0 Å². The molecule has 0 aliphatic carbocycles. The van der Waals surface area contributed by atoms with E-state index in [0.29, 0.717) is 0 Å². The van der Waals surface area contributed by atoms with Gasteiger partial charge < -0.3 is 24.6 Å². The summed E-state index contributed by atoms with van der Waals surface area (Å²) in [6.45, 7) is 5.09. The van der Waals surface area contributed by atoms with Crippen molar-refractivity contribution < 1.29 is 14.3 Å². The molecule has 1 aliphatic heterocycles. The standard InChI is InChI=1S/C15H30N4O3/c1-16-15(17-7-10-18(2)11-12-21-3)19-8-5-13(6-9-19)14(20)22-4/h13H,5-12H2,1-4H3,(H,16,17). The van der Waals surface area contributed by atoms with Crippen molar-refractivity contribution in [1.29, 1.82) is 0 Å². The molecule has 0 aromatic carbocycles. The van der Waals surface area contributed by atoms with Crippen molar-refractivity contribution in [3.05, 3.63) is 0 Å². The van der Waals surface area contributed by atoms with Gasteiger partial charge in [0, 0.05) is 46.9 Å². The molecular formula is C15H30N4O3. The minimum absolute atomic E-state index is 0.0273. The monoisotopic (exact) mass is 314 g/mol. The van der Waals surface area contributed by atoms with Gasteiger partial charge in [0.15, 0.2) is 5.96 Å². The number of guanidine groups is 1. The lowest BCUT2D eigenvalue weighted by Gasteiger charge is -2.33. The Kier molecular flexibility index (Phi) is 8.84. The normalized spacial score (nSPS) is 17.0. The lowest BCUT2D eigenvalue weighted by Crippen LogP contribution is -2.48. The van der Waals surface area contributed by atoms with Crippen molar-refractivity contribution in [1.82, 2.24) is 15.1 Å². The lowest BCUT2D eigenvalue weighted by molar-refractivity contribution is -0.146. The van der Waals surface area contributed by atoms with Gasteiger partial charge >= 0.3 is 5.97 Å². The maximum Gasteiger partial charge on any atom is 0.308 e. The van der Waals surface area contributed by atoms with Crippen LogP contribution >= 0.6 is 0 Å². The van der Waals surface area contributed by atoms with Crippen molar-refractivity contribution >= 4 is 11.9 Å². The maximum absolute atomic E-state index is 11.5. The van der Waals surface area contributed by atoms with E-state index in [0.717, 1.165) is 58.1 Å². The summed E-state index contributed by atoms with van der Waals surface area (Å²) in [5.41, 5.74) is 0. The van der Waals surface area contributed by atoms with Gasteiger partial charge in [0.05, 0.1) is 19.6 Å². The van der Waals surface area contributed by atoms with Crippen molar-refractivity contribution in [3.63, 3.8) is 0 Å². The third-order valence-electron chi connectivity index (χ3n) is 3.99. The molecule has 7 heteroatoms. The molecule has 0 unspecified atom stereocenters. The highest BCUT2D eigenvalue weighted by Gasteiger charge is 2.26. The number of methoxy groups -OCH3 is 2. The fraction of sp³-hybridized carbons (Fsp3) is 0.867. The predicted octanol–water partition coefficient (Wildman–Crippen LogP) is 0.0250. The van der Waals surface area contributed by atoms with E-state index >= 15 is 0 Å². The van der Waals surface area contributed by atoms with E-state index in [1.807, 2.05) is 0 Å². The molecule has 1 heterocycles. The maximum atomic E-state index is 11.5. The molecule has 0 spiro atoms. The number of aliphatic imine (C=N–C) groups is 1. The molecule has 0 bridgehead atoms. The molecule has 0 amide bonds. The minimum atomic E-state index is -0.0950. The number of nitrogens with one attached hydrogen (secondary N) is 1. The zero-order chi connectivity index (χ0) is 16.4. The highest BCUT2D eigenvalue weighted by Crippen LogP contribution is 2.18. The van der Waals surface area contributed by atoms with Gasteiger partial charge in [-0.15, -0.1) is 0 Å². The lowest BCUT2D eigenvalue weighted by atomic mass is 9.97. The first-order valence-corrected chi connectivity index (χ1v) is 7.83. The van der Waals surface area contributed by atoms with E-state index in [2.05, 4.69) is 27.2 Å². The molecule has 1 saturated heterocycles. The first kappa shape index (κ1) is 18.7. The van der Waals surface area contributed by atoms with Crippen LogP contribution in [0.2, 0.25) is 0 Å². The molecule has 0 aromatic heterocycles. The van der Waals surface area contributed by atoms with E-state index in [9.17, 15) is 4.79 Å². The number of likely N-dealkylation sites (tertiary alicyclic amines) is 1. The van der Waals surface area contributed by atoms with Gasteiger partial charge in [-0.25, -0.2) is 0 Å². The zero-order valence-electron chi connectivity index (χ0n) is 14.3. The minimum Gasteiger partial charge on any atom is -0.469 e. The Morgan fingerprint density at radius 1 is 1.32 bits per heavy atom. The molecule has 7 nitrogen and oxygen atoms in total. The van der Waals surface area contributed by atoms with Gasteiger partial charge in [-0.05, 0) is 19.9 Å². The van der Waals surface area contributed by atoms with Gasteiger partial charge in [0.25, 0.3) is 0 Å². The van der Waals surface area contributed by atoms with Gasteiger partial charge in [0.2, 0.25) is 0 Å². The van der Waals surface area contributed by atoms with Crippen LogP contribution in [0.4, 0.5) is 0 Å². The summed E-state index contributed by atoms with van der Waals surface area (Å²) in [7, 11) is 7.04. The summed E-state index contributed by atoms with van der Waals surface area (Å²) in [6.07, 6.45) is 1.64. The third-order valence-corrected chi connectivity index (χ3v) is 3.99. The van der Waals surface area contributed by atoms with Crippen LogP contribution in [0.1, 0.15) is 12.8 Å². The van der Waals surface area contributed by atoms with E-state index < -0.39 is 0 Å². The van der Waals surface area contributed by atoms with Crippen molar-refractivity contribution in [2.45, 2.75) is 12.8 Å². The van der Waals surface area contributed by atoms with Gasteiger partial charge in [-0.2, -0.15) is 0 Å². The van der Waals surface area contributed by atoms with Crippen LogP contribution in [0.15, 0.2) is 4.99 Å². The van der Waals surface area contributed by atoms with Crippen LogP contribution in [-0.2, 0) is 14.3 Å². The number of likely N-dealkylation sites (N-methyl/N-ethyl adjacent to an activating group) is 1. The fourth-order valence-corrected chi connectivity index (χ4v) is 2.54. The second kappa shape index (κ2) is 10.4. The van der Waals surface area contributed by atoms with Crippen LogP contribution in [0.25, 0.3) is 0 Å². The smallest absolute Gasteiger partial charge is 0.308 e. The van der Waals surface area contributed by atoms with Gasteiger partial charge in [-0.1, -0.05) is 0 Å². The summed E-state index contributed by atoms with van der Waals surface area (Å²) in [5, 5.41) is 3.38. The van der Waals surface area contributed by atoms with E-state index in [1.54, 1.807) is 14.2 Å². The number of ether oxygens (including phenoxy) is 2. The molecule has 0 atom stereocenters. The first-order chi connectivity index (χ1) is 10.6. The highest BCUT2D eigenvalue weighted by molar-refractivity contribution is 5.80. The molecule has 128 valence electrons. The quantitative estimate of drug-likeness (QED) is 0.406. The number of carbonyl (C=O) groups is 1. The molecule has 1 N–H and O–H groups in total. The number of rotatable bonds is 7. The number of hydrogen-bond acceptors (Lipinski definition) is 5. The number of esters is 1. The van der Waals surface area contributed by atoms with Crippen molar-refractivity contribution in [2.24, 2.45) is 10.9 Å². The molecule has 1 aliphatic rings. The summed E-state index contributed by atoms with van der Waals surface area (Å²) >= 11 is 0. The Hall–Kier alpha value is -1.34. The Morgan fingerprint density at radius 2 is 2.00 bits per heavy atom. The summed E-state index contributed by atoms with van der Waals surface area (Å²) in [4.78, 5) is 20.3. The molecule has 22 heavy (non-hydrogen) atoms. The summed E-state index contributed by atoms with van der Waals surface area (Å²) in [5.74, 6) is 0.838. The topological polar surface area (TPSA) is 66.4 Å². The Labute approximate surface area is 133 Å². The Balaban J connectivity index is 2.30. The summed E-state index contributed by atoms with van der Waals surface area (Å²) in [6, 6.07) is 0. The zero-order valence-corrected chi connectivity index (χ0v) is 14.3. The van der Waals surface area contributed by atoms with E-state index in [-0.39, 0.29) is 11.9 Å². The average molecular weight is 314 g/mol. The van der Waals surface area contributed by atoms with Gasteiger partial charge in [0.1, 0.15) is 0 Å². The van der Waals surface area contributed by atoms with E-state index in [1.165, 1.54) is 7.11 Å². The second-order valence-corrected chi connectivity index (χ2v) is 5.55. The van der Waals surface area contributed by atoms with E-state index in [4.69, 9.17) is 9.47 Å². The Bertz CT molecular complexity index is 355. The predicted molar refractivity (Wildman–Crippen MR) is 87.0 cm³/mol. The SMILES string of the molecule is CN=C(NCCN(C)CCOC)N1CCC(C(=O)OC)CC1. The molecular weight excluding hydrogens is 284 g/mol. The average Bonchev–Trinajstić information content (AvgIpc) is 2.56. The van der Waals surface area contributed by atoms with Crippen molar-refractivity contribution in [2.75, 3.05) is 67.6 Å². The molecule has 0 saturated carbocycles. The summed E-state index contributed by atoms with van der Waals surface area (Å²) < 4.78 is 9.88. The highest BCUT2D eigenvalue weighted by atomic mass is 16.5. The van der Waals surface area contributed by atoms with Crippen LogP contribution in [-0.4, -0.2) is 89.4 Å². The number of nitrogens with zero attached hydrogens (tertiary/aromatic N) is 3. The number of hydrogen-bond donors (Lipinski definition) is 1.